The monoisotopic (exact) mass is 421 g/mol. The van der Waals surface area contributed by atoms with Crippen molar-refractivity contribution in [2.45, 2.75) is 39.3 Å². The lowest BCUT2D eigenvalue weighted by Gasteiger charge is -2.26. The molecule has 1 amide bonds. The zero-order chi connectivity index (χ0) is 20.1. The fourth-order valence-electron chi connectivity index (χ4n) is 3.32. The predicted octanol–water partition coefficient (Wildman–Crippen LogP) is 5.20. The van der Waals surface area contributed by atoms with E-state index >= 15 is 0 Å². The van der Waals surface area contributed by atoms with Gasteiger partial charge in [0, 0.05) is 29.7 Å². The van der Waals surface area contributed by atoms with Crippen LogP contribution in [-0.2, 0) is 16.1 Å². The van der Waals surface area contributed by atoms with Crippen LogP contribution in [0.3, 0.4) is 0 Å². The van der Waals surface area contributed by atoms with Crippen molar-refractivity contribution in [1.82, 2.24) is 4.90 Å². The Balaban J connectivity index is 1.67. The number of halogens is 2. The molecule has 0 aliphatic carbocycles. The van der Waals surface area contributed by atoms with Crippen molar-refractivity contribution in [1.29, 1.82) is 0 Å². The molecule has 1 saturated heterocycles. The van der Waals surface area contributed by atoms with Crippen LogP contribution in [0.5, 0.6) is 5.75 Å². The second-order valence-corrected chi connectivity index (χ2v) is 8.01. The summed E-state index contributed by atoms with van der Waals surface area (Å²) in [5.41, 5.74) is 2.89. The van der Waals surface area contributed by atoms with Gasteiger partial charge in [0.1, 0.15) is 5.75 Å². The lowest BCUT2D eigenvalue weighted by molar-refractivity contribution is -0.135. The van der Waals surface area contributed by atoms with Crippen LogP contribution in [0.4, 0.5) is 0 Å². The van der Waals surface area contributed by atoms with Gasteiger partial charge in [-0.2, -0.15) is 0 Å². The molecular weight excluding hydrogens is 397 g/mol. The number of benzene rings is 2. The largest absolute Gasteiger partial charge is 0.484 e. The molecule has 1 aliphatic rings. The van der Waals surface area contributed by atoms with Crippen LogP contribution >= 0.6 is 23.2 Å². The first-order chi connectivity index (χ1) is 13.4. The first-order valence-corrected chi connectivity index (χ1v) is 10.2. The highest BCUT2D eigenvalue weighted by atomic mass is 35.5. The summed E-state index contributed by atoms with van der Waals surface area (Å²) in [6, 6.07) is 11.2. The van der Waals surface area contributed by atoms with E-state index in [0.29, 0.717) is 23.9 Å². The molecule has 2 aromatic carbocycles. The standard InChI is InChI=1S/C22H25Cl2NO3/c1-15-10-20(11-16(2)22(15)24)28-14-21(26)25(13-19-4-3-9-27-19)12-17-5-7-18(23)8-6-17/h5-8,10-11,19H,3-4,9,12-14H2,1-2H3/t19-/m1/s1. The number of amides is 1. The van der Waals surface area contributed by atoms with Gasteiger partial charge in [-0.15, -0.1) is 0 Å². The molecule has 1 aliphatic heterocycles. The molecule has 0 aromatic heterocycles. The van der Waals surface area contributed by atoms with Gasteiger partial charge in [-0.05, 0) is 67.6 Å². The molecule has 1 heterocycles. The highest BCUT2D eigenvalue weighted by Gasteiger charge is 2.23. The van der Waals surface area contributed by atoms with E-state index in [4.69, 9.17) is 32.7 Å². The van der Waals surface area contributed by atoms with Crippen LogP contribution in [0.1, 0.15) is 29.5 Å². The van der Waals surface area contributed by atoms with Crippen LogP contribution < -0.4 is 4.74 Å². The van der Waals surface area contributed by atoms with Crippen molar-refractivity contribution >= 4 is 29.1 Å². The van der Waals surface area contributed by atoms with Crippen molar-refractivity contribution < 1.29 is 14.3 Å². The number of carbonyl (C=O) groups excluding carboxylic acids is 1. The molecule has 0 bridgehead atoms. The number of hydrogen-bond acceptors (Lipinski definition) is 3. The van der Waals surface area contributed by atoms with E-state index < -0.39 is 0 Å². The zero-order valence-corrected chi connectivity index (χ0v) is 17.7. The maximum Gasteiger partial charge on any atom is 0.260 e. The Kier molecular flexibility index (Phi) is 7.22. The summed E-state index contributed by atoms with van der Waals surface area (Å²) in [6.07, 6.45) is 2.09. The number of aryl methyl sites for hydroxylation is 2. The van der Waals surface area contributed by atoms with Gasteiger partial charge in [-0.1, -0.05) is 35.3 Å². The summed E-state index contributed by atoms with van der Waals surface area (Å²) in [6.45, 7) is 5.64. The van der Waals surface area contributed by atoms with Gasteiger partial charge in [0.25, 0.3) is 5.91 Å². The molecule has 6 heteroatoms. The molecule has 0 unspecified atom stereocenters. The van der Waals surface area contributed by atoms with Gasteiger partial charge in [-0.25, -0.2) is 0 Å². The number of carbonyl (C=O) groups is 1. The SMILES string of the molecule is Cc1cc(OCC(=O)N(Cc2ccc(Cl)cc2)C[C@H]2CCCO2)cc(C)c1Cl. The predicted molar refractivity (Wildman–Crippen MR) is 112 cm³/mol. The third-order valence-electron chi connectivity index (χ3n) is 4.86. The molecule has 0 spiro atoms. The van der Waals surface area contributed by atoms with E-state index in [9.17, 15) is 4.79 Å². The van der Waals surface area contributed by atoms with E-state index in [2.05, 4.69) is 0 Å². The summed E-state index contributed by atoms with van der Waals surface area (Å²) in [5, 5.41) is 1.40. The Bertz CT molecular complexity index is 794. The van der Waals surface area contributed by atoms with E-state index in [1.165, 1.54) is 0 Å². The zero-order valence-electron chi connectivity index (χ0n) is 16.2. The quantitative estimate of drug-likeness (QED) is 0.616. The molecule has 0 radical (unpaired) electrons. The Labute approximate surface area is 176 Å². The third-order valence-corrected chi connectivity index (χ3v) is 5.71. The number of rotatable bonds is 7. The second kappa shape index (κ2) is 9.64. The molecule has 3 rings (SSSR count). The van der Waals surface area contributed by atoms with Gasteiger partial charge in [0.05, 0.1) is 6.10 Å². The van der Waals surface area contributed by atoms with Crippen LogP contribution in [0.25, 0.3) is 0 Å². The Morgan fingerprint density at radius 2 is 1.86 bits per heavy atom. The van der Waals surface area contributed by atoms with Crippen molar-refractivity contribution in [3.8, 4) is 5.75 Å². The summed E-state index contributed by atoms with van der Waals surface area (Å²) >= 11 is 12.2. The minimum Gasteiger partial charge on any atom is -0.484 e. The Morgan fingerprint density at radius 3 is 2.46 bits per heavy atom. The van der Waals surface area contributed by atoms with Gasteiger partial charge >= 0.3 is 0 Å². The van der Waals surface area contributed by atoms with E-state index in [1.807, 2.05) is 50.2 Å². The summed E-state index contributed by atoms with van der Waals surface area (Å²) < 4.78 is 11.5. The molecule has 0 saturated carbocycles. The average Bonchev–Trinajstić information content (AvgIpc) is 3.18. The maximum absolute atomic E-state index is 12.9. The molecule has 28 heavy (non-hydrogen) atoms. The first kappa shape index (κ1) is 21.0. The van der Waals surface area contributed by atoms with Gasteiger partial charge in [-0.3, -0.25) is 4.79 Å². The van der Waals surface area contributed by atoms with Crippen molar-refractivity contribution in [2.75, 3.05) is 19.8 Å². The molecule has 1 fully saturated rings. The van der Waals surface area contributed by atoms with Gasteiger partial charge in [0.2, 0.25) is 0 Å². The highest BCUT2D eigenvalue weighted by molar-refractivity contribution is 6.32. The van der Waals surface area contributed by atoms with Gasteiger partial charge in [0.15, 0.2) is 6.61 Å². The summed E-state index contributed by atoms with van der Waals surface area (Å²) in [4.78, 5) is 14.7. The maximum atomic E-state index is 12.9. The van der Waals surface area contributed by atoms with Crippen LogP contribution in [0.2, 0.25) is 10.0 Å². The molecular formula is C22H25Cl2NO3. The van der Waals surface area contributed by atoms with Crippen molar-refractivity contribution in [2.24, 2.45) is 0 Å². The first-order valence-electron chi connectivity index (χ1n) is 9.45. The molecule has 2 aromatic rings. The fourth-order valence-corrected chi connectivity index (χ4v) is 3.56. The van der Waals surface area contributed by atoms with Crippen LogP contribution in [0, 0.1) is 13.8 Å². The molecule has 150 valence electrons. The smallest absolute Gasteiger partial charge is 0.260 e. The normalized spacial score (nSPS) is 16.2. The minimum absolute atomic E-state index is 0.0270. The Hall–Kier alpha value is -1.75. The molecule has 1 atom stereocenters. The van der Waals surface area contributed by atoms with Crippen LogP contribution in [-0.4, -0.2) is 36.7 Å². The third kappa shape index (κ3) is 5.63. The van der Waals surface area contributed by atoms with E-state index in [1.54, 1.807) is 4.90 Å². The molecule has 0 N–H and O–H groups in total. The summed E-state index contributed by atoms with van der Waals surface area (Å²) in [7, 11) is 0. The topological polar surface area (TPSA) is 38.8 Å². The molecule has 4 nitrogen and oxygen atoms in total. The lowest BCUT2D eigenvalue weighted by atomic mass is 10.1. The Morgan fingerprint density at radius 1 is 1.18 bits per heavy atom. The summed E-state index contributed by atoms with van der Waals surface area (Å²) in [5.74, 6) is 0.576. The average molecular weight is 422 g/mol. The number of ether oxygens (including phenoxy) is 2. The van der Waals surface area contributed by atoms with Gasteiger partial charge < -0.3 is 14.4 Å². The van der Waals surface area contributed by atoms with Crippen molar-refractivity contribution in [3.05, 3.63) is 63.1 Å². The highest BCUT2D eigenvalue weighted by Crippen LogP contribution is 2.26. The number of hydrogen-bond donors (Lipinski definition) is 0. The second-order valence-electron chi connectivity index (χ2n) is 7.20. The van der Waals surface area contributed by atoms with Crippen LogP contribution in [0.15, 0.2) is 36.4 Å². The lowest BCUT2D eigenvalue weighted by Crippen LogP contribution is -2.39. The van der Waals surface area contributed by atoms with Crippen molar-refractivity contribution in [3.63, 3.8) is 0 Å². The fraction of sp³-hybridized carbons (Fsp3) is 0.409. The van der Waals surface area contributed by atoms with E-state index in [-0.39, 0.29) is 18.6 Å². The minimum atomic E-state index is -0.0734. The number of nitrogens with zero attached hydrogens (tertiary/aromatic N) is 1. The van der Waals surface area contributed by atoms with E-state index in [0.717, 1.165) is 41.2 Å².